The van der Waals surface area contributed by atoms with Crippen LogP contribution in [-0.2, 0) is 6.42 Å². The molecule has 1 aliphatic rings. The monoisotopic (exact) mass is 263 g/mol. The van der Waals surface area contributed by atoms with Gasteiger partial charge < -0.3 is 10.5 Å². The first-order chi connectivity index (χ1) is 8.46. The molecule has 2 heterocycles. The van der Waals surface area contributed by atoms with E-state index >= 15 is 0 Å². The summed E-state index contributed by atoms with van der Waals surface area (Å²) in [6.07, 6.45) is 2.53. The minimum absolute atomic E-state index is 0.208. The van der Waals surface area contributed by atoms with Gasteiger partial charge >= 0.3 is 0 Å². The van der Waals surface area contributed by atoms with E-state index < -0.39 is 0 Å². The Kier molecular flexibility index (Phi) is 2.32. The molecule has 1 aliphatic heterocycles. The lowest BCUT2D eigenvalue weighted by Gasteiger charge is -2.18. The molecule has 18 heavy (non-hydrogen) atoms. The average molecular weight is 264 g/mol. The Balaban J connectivity index is 2.21. The summed E-state index contributed by atoms with van der Waals surface area (Å²) in [5.41, 5.74) is 8.50. The number of nitrogens with zero attached hydrogens (tertiary/aromatic N) is 1. The number of aromatic amines is 1. The lowest BCUT2D eigenvalue weighted by molar-refractivity contribution is 0.139. The summed E-state index contributed by atoms with van der Waals surface area (Å²) in [7, 11) is 0. The van der Waals surface area contributed by atoms with E-state index in [1.54, 1.807) is 6.20 Å². The molecule has 0 amide bonds. The largest absolute Gasteiger partial charge is 0.487 e. The van der Waals surface area contributed by atoms with Crippen LogP contribution in [0, 0.1) is 0 Å². The number of halogens is 1. The Bertz CT molecular complexity index is 619. The van der Waals surface area contributed by atoms with Crippen LogP contribution < -0.4 is 10.5 Å². The van der Waals surface area contributed by atoms with Crippen molar-refractivity contribution in [3.63, 3.8) is 0 Å². The Labute approximate surface area is 110 Å². The maximum absolute atomic E-state index is 6.16. The van der Waals surface area contributed by atoms with Gasteiger partial charge in [-0.25, -0.2) is 0 Å². The van der Waals surface area contributed by atoms with Gasteiger partial charge in [0.2, 0.25) is 0 Å². The number of fused-ring (bicyclic) bond motifs is 1. The second-order valence-corrected chi connectivity index (χ2v) is 5.61. The highest BCUT2D eigenvalue weighted by Crippen LogP contribution is 2.44. The molecule has 94 valence electrons. The normalized spacial score (nSPS) is 16.4. The molecule has 0 unspecified atom stereocenters. The average Bonchev–Trinajstić information content (AvgIpc) is 2.79. The van der Waals surface area contributed by atoms with E-state index in [2.05, 4.69) is 24.0 Å². The van der Waals surface area contributed by atoms with E-state index in [4.69, 9.17) is 22.1 Å². The van der Waals surface area contributed by atoms with Crippen molar-refractivity contribution in [2.45, 2.75) is 25.9 Å². The predicted molar refractivity (Wildman–Crippen MR) is 71.9 cm³/mol. The molecule has 0 spiro atoms. The topological polar surface area (TPSA) is 63.9 Å². The Morgan fingerprint density at radius 1 is 1.39 bits per heavy atom. The quantitative estimate of drug-likeness (QED) is 0.831. The highest BCUT2D eigenvalue weighted by Gasteiger charge is 2.33. The molecule has 5 heteroatoms. The molecule has 0 radical (unpaired) electrons. The summed E-state index contributed by atoms with van der Waals surface area (Å²) >= 11 is 6.16. The first-order valence-electron chi connectivity index (χ1n) is 5.77. The van der Waals surface area contributed by atoms with Gasteiger partial charge in [-0.05, 0) is 26.0 Å². The summed E-state index contributed by atoms with van der Waals surface area (Å²) in [6.45, 7) is 4.12. The molecule has 3 rings (SSSR count). The highest BCUT2D eigenvalue weighted by molar-refractivity contribution is 6.31. The molecule has 3 N–H and O–H groups in total. The Morgan fingerprint density at radius 2 is 2.17 bits per heavy atom. The number of anilines is 1. The number of ether oxygens (including phenoxy) is 1. The summed E-state index contributed by atoms with van der Waals surface area (Å²) in [4.78, 5) is 0. The van der Waals surface area contributed by atoms with Crippen LogP contribution >= 0.6 is 11.6 Å². The number of rotatable bonds is 1. The van der Waals surface area contributed by atoms with Crippen LogP contribution in [0.5, 0.6) is 5.75 Å². The predicted octanol–water partition coefficient (Wildman–Crippen LogP) is 3.03. The molecule has 0 fully saturated rings. The van der Waals surface area contributed by atoms with E-state index in [1.807, 2.05) is 12.1 Å². The van der Waals surface area contributed by atoms with E-state index in [9.17, 15) is 0 Å². The third kappa shape index (κ3) is 1.73. The van der Waals surface area contributed by atoms with Crippen molar-refractivity contribution in [1.82, 2.24) is 10.2 Å². The zero-order valence-corrected chi connectivity index (χ0v) is 11.0. The zero-order chi connectivity index (χ0) is 12.9. The maximum Gasteiger partial charge on any atom is 0.131 e. The summed E-state index contributed by atoms with van der Waals surface area (Å²) in [5.74, 6) is 1.38. The van der Waals surface area contributed by atoms with Crippen molar-refractivity contribution in [1.29, 1.82) is 0 Å². The molecule has 2 aromatic rings. The minimum atomic E-state index is -0.208. The fourth-order valence-electron chi connectivity index (χ4n) is 2.38. The van der Waals surface area contributed by atoms with Crippen molar-refractivity contribution in [2.24, 2.45) is 0 Å². The number of hydrogen-bond donors (Lipinski definition) is 2. The van der Waals surface area contributed by atoms with Gasteiger partial charge in [0.15, 0.2) is 0 Å². The fourth-order valence-corrected chi connectivity index (χ4v) is 2.62. The van der Waals surface area contributed by atoms with Crippen LogP contribution in [0.2, 0.25) is 5.02 Å². The number of nitrogen functional groups attached to an aromatic ring is 1. The Hall–Kier alpha value is -1.68. The molecule has 0 saturated heterocycles. The standard InChI is InChI=1S/C13H14ClN3O/c1-13(2)5-7-3-8(14)4-9(11(7)18-13)10-6-16-17-12(10)15/h3-4,6H,5H2,1-2H3,(H3,15,16,17). The fraction of sp³-hybridized carbons (Fsp3) is 0.308. The number of nitrogens with two attached hydrogens (primary N) is 1. The van der Waals surface area contributed by atoms with Crippen LogP contribution in [0.1, 0.15) is 19.4 Å². The molecule has 0 atom stereocenters. The van der Waals surface area contributed by atoms with E-state index in [1.165, 1.54) is 0 Å². The number of hydrogen-bond acceptors (Lipinski definition) is 3. The highest BCUT2D eigenvalue weighted by atomic mass is 35.5. The van der Waals surface area contributed by atoms with Crippen LogP contribution in [0.4, 0.5) is 5.82 Å². The van der Waals surface area contributed by atoms with E-state index in [0.717, 1.165) is 28.9 Å². The number of nitrogens with one attached hydrogen (secondary N) is 1. The van der Waals surface area contributed by atoms with Gasteiger partial charge in [0.25, 0.3) is 0 Å². The van der Waals surface area contributed by atoms with Crippen molar-refractivity contribution in [3.8, 4) is 16.9 Å². The lowest BCUT2D eigenvalue weighted by atomic mass is 9.99. The summed E-state index contributed by atoms with van der Waals surface area (Å²) in [5, 5.41) is 7.35. The molecule has 1 aromatic heterocycles. The number of benzene rings is 1. The third-order valence-corrected chi connectivity index (χ3v) is 3.30. The van der Waals surface area contributed by atoms with Gasteiger partial charge in [-0.15, -0.1) is 0 Å². The smallest absolute Gasteiger partial charge is 0.131 e. The molecule has 0 aliphatic carbocycles. The van der Waals surface area contributed by atoms with Crippen molar-refractivity contribution in [2.75, 3.05) is 5.73 Å². The third-order valence-electron chi connectivity index (χ3n) is 3.08. The summed E-state index contributed by atoms with van der Waals surface area (Å²) in [6, 6.07) is 3.81. The van der Waals surface area contributed by atoms with E-state index in [-0.39, 0.29) is 5.60 Å². The van der Waals surface area contributed by atoms with Gasteiger partial charge in [-0.1, -0.05) is 11.6 Å². The van der Waals surface area contributed by atoms with Crippen LogP contribution in [0.3, 0.4) is 0 Å². The lowest BCUT2D eigenvalue weighted by Crippen LogP contribution is -2.24. The van der Waals surface area contributed by atoms with Gasteiger partial charge in [-0.2, -0.15) is 5.10 Å². The second kappa shape index (κ2) is 3.65. The van der Waals surface area contributed by atoms with E-state index in [0.29, 0.717) is 10.8 Å². The number of H-pyrrole nitrogens is 1. The first kappa shape index (κ1) is 11.4. The van der Waals surface area contributed by atoms with Crippen molar-refractivity contribution < 1.29 is 4.74 Å². The second-order valence-electron chi connectivity index (χ2n) is 5.18. The molecular formula is C13H14ClN3O. The number of aromatic nitrogens is 2. The molecule has 4 nitrogen and oxygen atoms in total. The van der Waals surface area contributed by atoms with Crippen LogP contribution in [-0.4, -0.2) is 15.8 Å². The molecule has 1 aromatic carbocycles. The minimum Gasteiger partial charge on any atom is -0.487 e. The maximum atomic E-state index is 6.16. The first-order valence-corrected chi connectivity index (χ1v) is 6.15. The Morgan fingerprint density at radius 3 is 2.83 bits per heavy atom. The van der Waals surface area contributed by atoms with Gasteiger partial charge in [0, 0.05) is 28.1 Å². The van der Waals surface area contributed by atoms with Crippen LogP contribution in [0.15, 0.2) is 18.3 Å². The van der Waals surface area contributed by atoms with Gasteiger partial charge in [0.1, 0.15) is 17.2 Å². The molecule has 0 saturated carbocycles. The molecular weight excluding hydrogens is 250 g/mol. The van der Waals surface area contributed by atoms with Gasteiger partial charge in [-0.3, -0.25) is 5.10 Å². The zero-order valence-electron chi connectivity index (χ0n) is 10.2. The van der Waals surface area contributed by atoms with Crippen molar-refractivity contribution >= 4 is 17.4 Å². The molecule has 0 bridgehead atoms. The van der Waals surface area contributed by atoms with Crippen molar-refractivity contribution in [3.05, 3.63) is 28.9 Å². The summed E-state index contributed by atoms with van der Waals surface area (Å²) < 4.78 is 6.00. The van der Waals surface area contributed by atoms with Gasteiger partial charge in [0.05, 0.1) is 6.20 Å². The van der Waals surface area contributed by atoms with Crippen LogP contribution in [0.25, 0.3) is 11.1 Å². The SMILES string of the molecule is CC1(C)Cc2cc(Cl)cc(-c3cn[nH]c3N)c2O1.